The molecule has 0 amide bonds. The van der Waals surface area contributed by atoms with Crippen molar-refractivity contribution in [2.45, 2.75) is 39.8 Å². The van der Waals surface area contributed by atoms with Gasteiger partial charge in [-0.25, -0.2) is 4.98 Å². The van der Waals surface area contributed by atoms with Crippen LogP contribution in [-0.2, 0) is 6.54 Å². The average molecular weight is 370 g/mol. The van der Waals surface area contributed by atoms with Crippen molar-refractivity contribution in [3.05, 3.63) is 48.0 Å². The Morgan fingerprint density at radius 3 is 2.93 bits per heavy atom. The highest BCUT2D eigenvalue weighted by Gasteiger charge is 2.28. The highest BCUT2D eigenvalue weighted by Crippen LogP contribution is 2.27. The van der Waals surface area contributed by atoms with E-state index in [-0.39, 0.29) is 0 Å². The lowest BCUT2D eigenvalue weighted by Gasteiger charge is -2.39. The van der Waals surface area contributed by atoms with Crippen molar-refractivity contribution < 1.29 is 4.74 Å². The van der Waals surface area contributed by atoms with E-state index >= 15 is 0 Å². The number of imidazole rings is 1. The number of piperidine rings is 1. The fourth-order valence-electron chi connectivity index (χ4n) is 3.75. The molecule has 6 nitrogen and oxygen atoms in total. The van der Waals surface area contributed by atoms with E-state index in [2.05, 4.69) is 63.0 Å². The lowest BCUT2D eigenvalue weighted by Crippen LogP contribution is -2.48. The van der Waals surface area contributed by atoms with Gasteiger partial charge >= 0.3 is 0 Å². The third-order valence-electron chi connectivity index (χ3n) is 5.33. The molecule has 6 heteroatoms. The zero-order valence-electron chi connectivity index (χ0n) is 16.9. The molecule has 0 spiro atoms. The Kier molecular flexibility index (Phi) is 6.37. The van der Waals surface area contributed by atoms with E-state index in [4.69, 9.17) is 4.74 Å². The van der Waals surface area contributed by atoms with Crippen molar-refractivity contribution in [3.63, 3.8) is 0 Å². The topological polar surface area (TPSA) is 54.7 Å². The molecule has 1 N–H and O–H groups in total. The lowest BCUT2D eigenvalue weighted by atomic mass is 9.93. The van der Waals surface area contributed by atoms with Crippen molar-refractivity contribution in [2.75, 3.05) is 26.7 Å². The van der Waals surface area contributed by atoms with E-state index in [0.29, 0.717) is 18.6 Å². The second-order valence-corrected chi connectivity index (χ2v) is 7.22. The van der Waals surface area contributed by atoms with Crippen LogP contribution < -0.4 is 10.1 Å². The summed E-state index contributed by atoms with van der Waals surface area (Å²) in [6.45, 7) is 9.83. The number of rotatable bonds is 5. The largest absolute Gasteiger partial charge is 0.494 e. The van der Waals surface area contributed by atoms with Crippen LogP contribution in [0.2, 0.25) is 0 Å². The van der Waals surface area contributed by atoms with Gasteiger partial charge in [0.2, 0.25) is 0 Å². The fraction of sp³-hybridized carbons (Fsp3) is 0.524. The summed E-state index contributed by atoms with van der Waals surface area (Å²) in [5.74, 6) is 2.54. The van der Waals surface area contributed by atoms with Gasteiger partial charge in [0.25, 0.3) is 0 Å². The molecule has 3 rings (SSSR count). The zero-order valence-corrected chi connectivity index (χ0v) is 16.9. The first-order valence-corrected chi connectivity index (χ1v) is 9.77. The maximum Gasteiger partial charge on any atom is 0.193 e. The summed E-state index contributed by atoms with van der Waals surface area (Å²) in [5, 5.41) is 3.53. The number of ether oxygens (including phenoxy) is 1. The first kappa shape index (κ1) is 19.3. The molecular formula is C21H31N5O. The SMILES string of the molecule is CCOc1ccc(CNC(=NC)N2CCC(C)C(n3ccnc3)C2)cc1C. The molecule has 1 aromatic carbocycles. The van der Waals surface area contributed by atoms with E-state index in [1.54, 1.807) is 0 Å². The number of nitrogens with zero attached hydrogens (tertiary/aromatic N) is 4. The van der Waals surface area contributed by atoms with Crippen molar-refractivity contribution in [3.8, 4) is 5.75 Å². The number of hydrogen-bond donors (Lipinski definition) is 1. The summed E-state index contributed by atoms with van der Waals surface area (Å²) in [6.07, 6.45) is 6.98. The standard InChI is InChI=1S/C21H31N5O/c1-5-27-20-7-6-18(12-17(20)3)13-24-21(22-4)25-10-8-16(2)19(14-25)26-11-9-23-15-26/h6-7,9,11-12,15-16,19H,5,8,10,13-14H2,1-4H3,(H,22,24). The van der Waals surface area contributed by atoms with E-state index in [1.807, 2.05) is 26.5 Å². The van der Waals surface area contributed by atoms with Gasteiger partial charge in [-0.05, 0) is 43.4 Å². The van der Waals surface area contributed by atoms with Crippen LogP contribution in [0, 0.1) is 12.8 Å². The second kappa shape index (κ2) is 8.93. The monoisotopic (exact) mass is 369 g/mol. The van der Waals surface area contributed by atoms with Crippen LogP contribution >= 0.6 is 0 Å². The van der Waals surface area contributed by atoms with E-state index < -0.39 is 0 Å². The number of hydrogen-bond acceptors (Lipinski definition) is 3. The first-order chi connectivity index (χ1) is 13.1. The molecule has 0 aliphatic carbocycles. The molecule has 2 unspecified atom stereocenters. The molecule has 0 bridgehead atoms. The molecule has 1 aliphatic rings. The molecule has 2 aromatic rings. The van der Waals surface area contributed by atoms with Crippen LogP contribution in [-0.4, -0.2) is 47.2 Å². The molecule has 2 heterocycles. The maximum absolute atomic E-state index is 5.63. The number of likely N-dealkylation sites (tertiary alicyclic amines) is 1. The van der Waals surface area contributed by atoms with Crippen molar-refractivity contribution in [1.29, 1.82) is 0 Å². The lowest BCUT2D eigenvalue weighted by molar-refractivity contribution is 0.189. The minimum Gasteiger partial charge on any atom is -0.494 e. The summed E-state index contributed by atoms with van der Waals surface area (Å²) in [6, 6.07) is 6.77. The van der Waals surface area contributed by atoms with Gasteiger partial charge < -0.3 is 19.5 Å². The first-order valence-electron chi connectivity index (χ1n) is 9.77. The molecule has 146 valence electrons. The number of benzene rings is 1. The smallest absolute Gasteiger partial charge is 0.193 e. The van der Waals surface area contributed by atoms with E-state index in [0.717, 1.165) is 43.3 Å². The van der Waals surface area contributed by atoms with Gasteiger partial charge in [0, 0.05) is 39.1 Å². The molecule has 1 aliphatic heterocycles. The Bertz CT molecular complexity index is 756. The van der Waals surface area contributed by atoms with Crippen LogP contribution in [0.25, 0.3) is 0 Å². The Balaban J connectivity index is 1.63. The minimum atomic E-state index is 0.424. The van der Waals surface area contributed by atoms with Gasteiger partial charge in [-0.1, -0.05) is 19.1 Å². The second-order valence-electron chi connectivity index (χ2n) is 7.22. The Hall–Kier alpha value is -2.50. The fourth-order valence-corrected chi connectivity index (χ4v) is 3.75. The van der Waals surface area contributed by atoms with Crippen LogP contribution in [0.3, 0.4) is 0 Å². The van der Waals surface area contributed by atoms with Gasteiger partial charge in [0.1, 0.15) is 5.75 Å². The van der Waals surface area contributed by atoms with Crippen molar-refractivity contribution >= 4 is 5.96 Å². The highest BCUT2D eigenvalue weighted by molar-refractivity contribution is 5.80. The summed E-state index contributed by atoms with van der Waals surface area (Å²) in [5.41, 5.74) is 2.40. The van der Waals surface area contributed by atoms with Gasteiger partial charge in [-0.15, -0.1) is 0 Å². The molecule has 1 aromatic heterocycles. The van der Waals surface area contributed by atoms with Crippen LogP contribution in [0.4, 0.5) is 0 Å². The highest BCUT2D eigenvalue weighted by atomic mass is 16.5. The summed E-state index contributed by atoms with van der Waals surface area (Å²) < 4.78 is 7.85. The third-order valence-corrected chi connectivity index (χ3v) is 5.33. The third kappa shape index (κ3) is 4.62. The number of guanidine groups is 1. The predicted octanol–water partition coefficient (Wildman–Crippen LogP) is 3.25. The van der Waals surface area contributed by atoms with Gasteiger partial charge in [-0.3, -0.25) is 4.99 Å². The molecule has 2 atom stereocenters. The molecule has 27 heavy (non-hydrogen) atoms. The average Bonchev–Trinajstić information content (AvgIpc) is 3.20. The quantitative estimate of drug-likeness (QED) is 0.649. The van der Waals surface area contributed by atoms with Crippen LogP contribution in [0.1, 0.15) is 37.4 Å². The van der Waals surface area contributed by atoms with E-state index in [9.17, 15) is 0 Å². The van der Waals surface area contributed by atoms with Crippen molar-refractivity contribution in [1.82, 2.24) is 19.8 Å². The van der Waals surface area contributed by atoms with Gasteiger partial charge in [0.05, 0.1) is 19.0 Å². The molecular weight excluding hydrogens is 338 g/mol. The molecule has 1 saturated heterocycles. The number of aliphatic imine (C=N–C) groups is 1. The number of aromatic nitrogens is 2. The van der Waals surface area contributed by atoms with Gasteiger partial charge in [-0.2, -0.15) is 0 Å². The Labute approximate surface area is 162 Å². The number of nitrogens with one attached hydrogen (secondary N) is 1. The van der Waals surface area contributed by atoms with Crippen LogP contribution in [0.15, 0.2) is 41.9 Å². The molecule has 1 fully saturated rings. The normalized spacial score (nSPS) is 20.6. The molecule has 0 saturated carbocycles. The zero-order chi connectivity index (χ0) is 19.2. The maximum atomic E-state index is 5.63. The summed E-state index contributed by atoms with van der Waals surface area (Å²) >= 11 is 0. The van der Waals surface area contributed by atoms with Crippen LogP contribution in [0.5, 0.6) is 5.75 Å². The summed E-state index contributed by atoms with van der Waals surface area (Å²) in [7, 11) is 1.86. The van der Waals surface area contributed by atoms with Crippen molar-refractivity contribution in [2.24, 2.45) is 10.9 Å². The van der Waals surface area contributed by atoms with Gasteiger partial charge in [0.15, 0.2) is 5.96 Å². The predicted molar refractivity (Wildman–Crippen MR) is 109 cm³/mol. The van der Waals surface area contributed by atoms with E-state index in [1.165, 1.54) is 5.56 Å². The molecule has 0 radical (unpaired) electrons. The number of aryl methyl sites for hydroxylation is 1. The minimum absolute atomic E-state index is 0.424. The Morgan fingerprint density at radius 2 is 2.26 bits per heavy atom. The Morgan fingerprint density at radius 1 is 1.41 bits per heavy atom. The summed E-state index contributed by atoms with van der Waals surface area (Å²) in [4.78, 5) is 11.1.